The van der Waals surface area contributed by atoms with Gasteiger partial charge < -0.3 is 15.1 Å². The number of benzene rings is 2. The molecule has 2 aromatic carbocycles. The van der Waals surface area contributed by atoms with E-state index < -0.39 is 0 Å². The number of rotatable bonds is 5. The van der Waals surface area contributed by atoms with Crippen molar-refractivity contribution in [2.45, 2.75) is 0 Å². The zero-order valence-corrected chi connectivity index (χ0v) is 17.4. The smallest absolute Gasteiger partial charge is 0.256 e. The molecule has 1 aliphatic rings. The van der Waals surface area contributed by atoms with E-state index in [0.29, 0.717) is 37.6 Å². The lowest BCUT2D eigenvalue weighted by molar-refractivity contribution is 0.0747. The molecule has 5 rings (SSSR count). The van der Waals surface area contributed by atoms with Crippen molar-refractivity contribution < 1.29 is 4.79 Å². The van der Waals surface area contributed by atoms with Gasteiger partial charge in [0.2, 0.25) is 0 Å². The molecule has 9 nitrogen and oxygen atoms in total. The van der Waals surface area contributed by atoms with Gasteiger partial charge in [0.1, 0.15) is 12.7 Å². The molecule has 1 saturated heterocycles. The Morgan fingerprint density at radius 1 is 0.812 bits per heavy atom. The Hall–Kier alpha value is -4.27. The Morgan fingerprint density at radius 2 is 1.53 bits per heavy atom. The summed E-state index contributed by atoms with van der Waals surface area (Å²) in [5.41, 5.74) is 2.42. The molecule has 1 fully saturated rings. The highest BCUT2D eigenvalue weighted by molar-refractivity contribution is 6.00. The Morgan fingerprint density at radius 3 is 2.25 bits per heavy atom. The van der Waals surface area contributed by atoms with Crippen molar-refractivity contribution in [1.29, 1.82) is 0 Å². The third-order valence-electron chi connectivity index (χ3n) is 5.39. The monoisotopic (exact) mass is 426 g/mol. The Balaban J connectivity index is 1.24. The number of amides is 1. The first kappa shape index (κ1) is 19.7. The number of nitrogens with one attached hydrogen (secondary N) is 1. The summed E-state index contributed by atoms with van der Waals surface area (Å²) in [6.07, 6.45) is 3.04. The highest BCUT2D eigenvalue weighted by Gasteiger charge is 2.24. The number of para-hydroxylation sites is 2. The van der Waals surface area contributed by atoms with Gasteiger partial charge in [-0.05, 0) is 36.4 Å². The largest absolute Gasteiger partial charge is 0.355 e. The van der Waals surface area contributed by atoms with E-state index in [1.807, 2.05) is 71.6 Å². The lowest BCUT2D eigenvalue weighted by Crippen LogP contribution is -2.49. The Kier molecular flexibility index (Phi) is 5.44. The fourth-order valence-corrected chi connectivity index (χ4v) is 3.70. The molecule has 0 bridgehead atoms. The topological polar surface area (TPSA) is 92.1 Å². The summed E-state index contributed by atoms with van der Waals surface area (Å²) in [5.74, 6) is 1.42. The van der Waals surface area contributed by atoms with Crippen LogP contribution in [0.15, 0.2) is 79.4 Å². The van der Waals surface area contributed by atoms with Crippen molar-refractivity contribution in [3.8, 4) is 5.82 Å². The fraction of sp³-hybridized carbons (Fsp3) is 0.174. The second-order valence-corrected chi connectivity index (χ2v) is 7.41. The van der Waals surface area contributed by atoms with Crippen molar-refractivity contribution >= 4 is 23.1 Å². The minimum atomic E-state index is 0.0243. The lowest BCUT2D eigenvalue weighted by Gasteiger charge is -2.35. The van der Waals surface area contributed by atoms with Gasteiger partial charge in [0, 0.05) is 31.9 Å². The van der Waals surface area contributed by atoms with Crippen molar-refractivity contribution in [2.24, 2.45) is 0 Å². The third-order valence-corrected chi connectivity index (χ3v) is 5.39. The first-order valence-electron chi connectivity index (χ1n) is 10.4. The third kappa shape index (κ3) is 4.13. The molecule has 0 spiro atoms. The average Bonchev–Trinajstić information content (AvgIpc) is 3.40. The first-order valence-corrected chi connectivity index (χ1v) is 10.4. The number of hydrogen-bond donors (Lipinski definition) is 1. The maximum Gasteiger partial charge on any atom is 0.256 e. The van der Waals surface area contributed by atoms with Crippen molar-refractivity contribution in [1.82, 2.24) is 29.9 Å². The molecule has 32 heavy (non-hydrogen) atoms. The molecule has 0 atom stereocenters. The van der Waals surface area contributed by atoms with Gasteiger partial charge in [0.15, 0.2) is 11.6 Å². The van der Waals surface area contributed by atoms with Gasteiger partial charge in [-0.15, -0.1) is 10.2 Å². The fourth-order valence-electron chi connectivity index (χ4n) is 3.70. The molecule has 9 heteroatoms. The SMILES string of the molecule is O=C(c1ccccc1Nc1ccccc1)N1CCN(c2ccc(-n3cncn3)nn2)CC1. The van der Waals surface area contributed by atoms with Crippen LogP contribution in [0.3, 0.4) is 0 Å². The van der Waals surface area contributed by atoms with Crippen molar-refractivity contribution in [2.75, 3.05) is 36.4 Å². The summed E-state index contributed by atoms with van der Waals surface area (Å²) < 4.78 is 1.56. The summed E-state index contributed by atoms with van der Waals surface area (Å²) in [6.45, 7) is 2.62. The van der Waals surface area contributed by atoms with E-state index in [0.717, 1.165) is 17.2 Å². The quantitative estimate of drug-likeness (QED) is 0.525. The normalized spacial score (nSPS) is 13.8. The summed E-state index contributed by atoms with van der Waals surface area (Å²) in [5, 5.41) is 16.0. The molecule has 0 aliphatic carbocycles. The van der Waals surface area contributed by atoms with E-state index in [1.54, 1.807) is 11.0 Å². The Labute approximate surface area is 185 Å². The van der Waals surface area contributed by atoms with Gasteiger partial charge in [0.25, 0.3) is 5.91 Å². The first-order chi connectivity index (χ1) is 15.8. The number of carbonyl (C=O) groups excluding carboxylic acids is 1. The number of aromatic nitrogens is 5. The van der Waals surface area contributed by atoms with Crippen LogP contribution in [0.4, 0.5) is 17.2 Å². The summed E-state index contributed by atoms with van der Waals surface area (Å²) >= 11 is 0. The molecule has 1 amide bonds. The number of anilines is 3. The highest BCUT2D eigenvalue weighted by atomic mass is 16.2. The van der Waals surface area contributed by atoms with Gasteiger partial charge in [-0.1, -0.05) is 30.3 Å². The van der Waals surface area contributed by atoms with Gasteiger partial charge in [-0.3, -0.25) is 4.79 Å². The maximum atomic E-state index is 13.3. The van der Waals surface area contributed by atoms with Crippen LogP contribution in [-0.2, 0) is 0 Å². The van der Waals surface area contributed by atoms with Crippen molar-refractivity contribution in [3.63, 3.8) is 0 Å². The van der Waals surface area contributed by atoms with E-state index >= 15 is 0 Å². The van der Waals surface area contributed by atoms with Gasteiger partial charge in [-0.2, -0.15) is 5.10 Å². The van der Waals surface area contributed by atoms with E-state index in [2.05, 4.69) is 30.5 Å². The molecule has 2 aromatic heterocycles. The summed E-state index contributed by atoms with van der Waals surface area (Å²) in [4.78, 5) is 21.2. The highest BCUT2D eigenvalue weighted by Crippen LogP contribution is 2.23. The van der Waals surface area contributed by atoms with E-state index in [-0.39, 0.29) is 5.91 Å². The summed E-state index contributed by atoms with van der Waals surface area (Å²) in [6, 6.07) is 21.3. The van der Waals surface area contributed by atoms with Crippen molar-refractivity contribution in [3.05, 3.63) is 84.9 Å². The second kappa shape index (κ2) is 8.84. The maximum absolute atomic E-state index is 13.3. The van der Waals surface area contributed by atoms with Gasteiger partial charge >= 0.3 is 0 Å². The van der Waals surface area contributed by atoms with Crippen LogP contribution in [0.1, 0.15) is 10.4 Å². The molecule has 1 N–H and O–H groups in total. The Bertz CT molecular complexity index is 1170. The average molecular weight is 426 g/mol. The predicted octanol–water partition coefficient (Wildman–Crippen LogP) is 2.76. The van der Waals surface area contributed by atoms with Crippen LogP contribution in [0, 0.1) is 0 Å². The van der Waals surface area contributed by atoms with Crippen LogP contribution in [-0.4, -0.2) is 61.9 Å². The van der Waals surface area contributed by atoms with Crippen LogP contribution in [0.25, 0.3) is 5.82 Å². The number of piperazine rings is 1. The van der Waals surface area contributed by atoms with Crippen LogP contribution in [0.2, 0.25) is 0 Å². The molecule has 0 saturated carbocycles. The van der Waals surface area contributed by atoms with Gasteiger partial charge in [-0.25, -0.2) is 9.67 Å². The van der Waals surface area contributed by atoms with E-state index in [4.69, 9.17) is 0 Å². The second-order valence-electron chi connectivity index (χ2n) is 7.41. The van der Waals surface area contributed by atoms with Crippen LogP contribution in [0.5, 0.6) is 0 Å². The summed E-state index contributed by atoms with van der Waals surface area (Å²) in [7, 11) is 0. The van der Waals surface area contributed by atoms with E-state index in [1.165, 1.54) is 6.33 Å². The molecule has 3 heterocycles. The number of nitrogens with zero attached hydrogens (tertiary/aromatic N) is 7. The van der Waals surface area contributed by atoms with Crippen LogP contribution >= 0.6 is 0 Å². The molecule has 1 aliphatic heterocycles. The molecule has 4 aromatic rings. The molecular weight excluding hydrogens is 404 g/mol. The van der Waals surface area contributed by atoms with Crippen LogP contribution < -0.4 is 10.2 Å². The minimum absolute atomic E-state index is 0.0243. The molecular formula is C23H22N8O. The van der Waals surface area contributed by atoms with Gasteiger partial charge in [0.05, 0.1) is 11.3 Å². The molecule has 160 valence electrons. The predicted molar refractivity (Wildman–Crippen MR) is 121 cm³/mol. The number of carbonyl (C=O) groups is 1. The number of hydrogen-bond acceptors (Lipinski definition) is 7. The molecule has 0 unspecified atom stereocenters. The standard InChI is InChI=1S/C23H22N8O/c32-23(19-8-4-5-9-20(19)26-18-6-2-1-3-7-18)30-14-12-29(13-15-30)21-10-11-22(28-27-21)31-17-24-16-25-31/h1-11,16-17,26H,12-15H2. The zero-order valence-electron chi connectivity index (χ0n) is 17.4. The van der Waals surface area contributed by atoms with E-state index in [9.17, 15) is 4.79 Å². The lowest BCUT2D eigenvalue weighted by atomic mass is 10.1. The zero-order chi connectivity index (χ0) is 21.8. The molecule has 0 radical (unpaired) electrons. The minimum Gasteiger partial charge on any atom is -0.355 e.